The molecule has 1 aliphatic rings. The Hall–Kier alpha value is -2.29. The second-order valence-electron chi connectivity index (χ2n) is 5.89. The maximum absolute atomic E-state index is 12.5. The maximum atomic E-state index is 12.5. The zero-order chi connectivity index (χ0) is 15.0. The zero-order valence-corrected chi connectivity index (χ0v) is 12.4. The number of nitrogens with one attached hydrogen (secondary N) is 1. The number of fused-ring (bicyclic) bond motifs is 1. The van der Waals surface area contributed by atoms with Crippen molar-refractivity contribution < 1.29 is 4.79 Å². The van der Waals surface area contributed by atoms with E-state index in [0.717, 1.165) is 35.3 Å². The lowest BCUT2D eigenvalue weighted by Crippen LogP contribution is -2.24. The topological polar surface area (TPSA) is 55.1 Å². The van der Waals surface area contributed by atoms with E-state index < -0.39 is 0 Å². The molecule has 1 aliphatic carbocycles. The molecule has 3 rings (SSSR count). The summed E-state index contributed by atoms with van der Waals surface area (Å²) in [5, 5.41) is 3.09. The van der Waals surface area contributed by atoms with E-state index in [1.54, 1.807) is 0 Å². The van der Waals surface area contributed by atoms with Crippen molar-refractivity contribution in [2.75, 3.05) is 11.1 Å². The van der Waals surface area contributed by atoms with Gasteiger partial charge in [0.25, 0.3) is 0 Å². The number of anilines is 2. The number of nitrogen functional groups attached to an aromatic ring is 1. The quantitative estimate of drug-likeness (QED) is 0.830. The molecule has 0 saturated heterocycles. The van der Waals surface area contributed by atoms with Crippen molar-refractivity contribution in [3.8, 4) is 0 Å². The molecule has 0 fully saturated rings. The van der Waals surface area contributed by atoms with Crippen LogP contribution in [0, 0.1) is 19.8 Å². The highest BCUT2D eigenvalue weighted by Gasteiger charge is 2.27. The molecule has 0 atom stereocenters. The Morgan fingerprint density at radius 3 is 2.14 bits per heavy atom. The molecule has 0 heterocycles. The molecule has 0 aromatic heterocycles. The van der Waals surface area contributed by atoms with Gasteiger partial charge in [-0.1, -0.05) is 24.3 Å². The molecule has 1 amide bonds. The minimum absolute atomic E-state index is 0.0266. The monoisotopic (exact) mass is 280 g/mol. The summed E-state index contributed by atoms with van der Waals surface area (Å²) in [5.41, 5.74) is 12.1. The SMILES string of the molecule is Cc1cc(N)cc(C)c1NC(=O)C1Cc2ccccc2C1. The minimum Gasteiger partial charge on any atom is -0.399 e. The molecule has 21 heavy (non-hydrogen) atoms. The summed E-state index contributed by atoms with van der Waals surface area (Å²) in [6.07, 6.45) is 1.66. The van der Waals surface area contributed by atoms with E-state index in [1.807, 2.05) is 38.1 Å². The third kappa shape index (κ3) is 2.64. The first-order valence-corrected chi connectivity index (χ1v) is 7.29. The number of benzene rings is 2. The smallest absolute Gasteiger partial charge is 0.228 e. The summed E-state index contributed by atoms with van der Waals surface area (Å²) in [5.74, 6) is 0.126. The molecule has 0 bridgehead atoms. The van der Waals surface area contributed by atoms with E-state index in [-0.39, 0.29) is 11.8 Å². The van der Waals surface area contributed by atoms with E-state index in [2.05, 4.69) is 17.4 Å². The van der Waals surface area contributed by atoms with E-state index in [0.29, 0.717) is 0 Å². The highest BCUT2D eigenvalue weighted by atomic mass is 16.1. The van der Waals surface area contributed by atoms with Gasteiger partial charge in [-0.3, -0.25) is 4.79 Å². The Labute approximate surface area is 125 Å². The van der Waals surface area contributed by atoms with Crippen molar-refractivity contribution in [3.05, 3.63) is 58.7 Å². The first-order chi connectivity index (χ1) is 10.0. The number of carbonyl (C=O) groups is 1. The number of carbonyl (C=O) groups excluding carboxylic acids is 1. The molecule has 2 aromatic rings. The Bertz CT molecular complexity index is 658. The lowest BCUT2D eigenvalue weighted by Gasteiger charge is -2.15. The van der Waals surface area contributed by atoms with Crippen LogP contribution < -0.4 is 11.1 Å². The summed E-state index contributed by atoms with van der Waals surface area (Å²) < 4.78 is 0. The van der Waals surface area contributed by atoms with Crippen LogP contribution in [0.25, 0.3) is 0 Å². The predicted octanol–water partition coefficient (Wildman–Crippen LogP) is 3.24. The second kappa shape index (κ2) is 5.24. The summed E-state index contributed by atoms with van der Waals surface area (Å²) >= 11 is 0. The van der Waals surface area contributed by atoms with Crippen molar-refractivity contribution in [3.63, 3.8) is 0 Å². The zero-order valence-electron chi connectivity index (χ0n) is 12.4. The third-order valence-electron chi connectivity index (χ3n) is 4.23. The van der Waals surface area contributed by atoms with Crippen LogP contribution in [-0.4, -0.2) is 5.91 Å². The first kappa shape index (κ1) is 13.7. The minimum atomic E-state index is 0.0266. The van der Waals surface area contributed by atoms with Crippen molar-refractivity contribution >= 4 is 17.3 Å². The van der Waals surface area contributed by atoms with Crippen LogP contribution in [0.2, 0.25) is 0 Å². The van der Waals surface area contributed by atoms with Gasteiger partial charge in [0.05, 0.1) is 0 Å². The van der Waals surface area contributed by atoms with E-state index in [9.17, 15) is 4.79 Å². The number of hydrogen-bond acceptors (Lipinski definition) is 2. The molecule has 0 saturated carbocycles. The van der Waals surface area contributed by atoms with Crippen LogP contribution in [-0.2, 0) is 17.6 Å². The Balaban J connectivity index is 1.77. The molecule has 0 unspecified atom stereocenters. The van der Waals surface area contributed by atoms with Crippen LogP contribution >= 0.6 is 0 Å². The fourth-order valence-electron chi connectivity index (χ4n) is 3.16. The van der Waals surface area contributed by atoms with Gasteiger partial charge in [0.2, 0.25) is 5.91 Å². The van der Waals surface area contributed by atoms with Crippen molar-refractivity contribution in [1.29, 1.82) is 0 Å². The third-order valence-corrected chi connectivity index (χ3v) is 4.23. The summed E-state index contributed by atoms with van der Waals surface area (Å²) in [6.45, 7) is 3.95. The predicted molar refractivity (Wildman–Crippen MR) is 86.3 cm³/mol. The van der Waals surface area contributed by atoms with E-state index >= 15 is 0 Å². The second-order valence-corrected chi connectivity index (χ2v) is 5.89. The van der Waals surface area contributed by atoms with Crippen LogP contribution in [0.1, 0.15) is 22.3 Å². The van der Waals surface area contributed by atoms with Crippen LogP contribution in [0.15, 0.2) is 36.4 Å². The number of nitrogens with two attached hydrogens (primary N) is 1. The van der Waals surface area contributed by atoms with Gasteiger partial charge in [-0.15, -0.1) is 0 Å². The van der Waals surface area contributed by atoms with Gasteiger partial charge in [0.1, 0.15) is 0 Å². The molecule has 0 aliphatic heterocycles. The molecular weight excluding hydrogens is 260 g/mol. The lowest BCUT2D eigenvalue weighted by atomic mass is 10.0. The Kier molecular flexibility index (Phi) is 3.42. The largest absolute Gasteiger partial charge is 0.399 e. The average Bonchev–Trinajstić information content (AvgIpc) is 2.86. The van der Waals surface area contributed by atoms with Gasteiger partial charge in [-0.2, -0.15) is 0 Å². The van der Waals surface area contributed by atoms with Gasteiger partial charge in [-0.05, 0) is 61.1 Å². The standard InChI is InChI=1S/C18H20N2O/c1-11-7-16(19)8-12(2)17(11)20-18(21)15-9-13-5-3-4-6-14(13)10-15/h3-8,15H,9-10,19H2,1-2H3,(H,20,21). The molecule has 0 spiro atoms. The van der Waals surface area contributed by atoms with Crippen LogP contribution in [0.5, 0.6) is 0 Å². The van der Waals surface area contributed by atoms with Gasteiger partial charge in [0.15, 0.2) is 0 Å². The molecule has 3 N–H and O–H groups in total. The van der Waals surface area contributed by atoms with Crippen LogP contribution in [0.4, 0.5) is 11.4 Å². The number of hydrogen-bond donors (Lipinski definition) is 2. The molecule has 2 aromatic carbocycles. The van der Waals surface area contributed by atoms with Crippen molar-refractivity contribution in [2.24, 2.45) is 5.92 Å². The number of amides is 1. The highest BCUT2D eigenvalue weighted by molar-refractivity contribution is 5.95. The molecule has 3 nitrogen and oxygen atoms in total. The normalized spacial score (nSPS) is 14.0. The van der Waals surface area contributed by atoms with Crippen molar-refractivity contribution in [2.45, 2.75) is 26.7 Å². The fraction of sp³-hybridized carbons (Fsp3) is 0.278. The highest BCUT2D eigenvalue weighted by Crippen LogP contribution is 2.29. The first-order valence-electron chi connectivity index (χ1n) is 7.29. The Morgan fingerprint density at radius 1 is 1.10 bits per heavy atom. The average molecular weight is 280 g/mol. The molecule has 3 heteroatoms. The fourth-order valence-corrected chi connectivity index (χ4v) is 3.16. The van der Waals surface area contributed by atoms with Gasteiger partial charge < -0.3 is 11.1 Å². The molecule has 108 valence electrons. The van der Waals surface area contributed by atoms with E-state index in [1.165, 1.54) is 11.1 Å². The lowest BCUT2D eigenvalue weighted by molar-refractivity contribution is -0.119. The number of rotatable bonds is 2. The van der Waals surface area contributed by atoms with Gasteiger partial charge in [0, 0.05) is 17.3 Å². The Morgan fingerprint density at radius 2 is 1.62 bits per heavy atom. The van der Waals surface area contributed by atoms with Gasteiger partial charge in [-0.25, -0.2) is 0 Å². The molecule has 0 radical (unpaired) electrons. The van der Waals surface area contributed by atoms with Gasteiger partial charge >= 0.3 is 0 Å². The number of aryl methyl sites for hydroxylation is 2. The molecular formula is C18H20N2O. The van der Waals surface area contributed by atoms with E-state index in [4.69, 9.17) is 5.73 Å². The summed E-state index contributed by atoms with van der Waals surface area (Å²) in [6, 6.07) is 12.1. The van der Waals surface area contributed by atoms with Crippen LogP contribution in [0.3, 0.4) is 0 Å². The maximum Gasteiger partial charge on any atom is 0.228 e. The van der Waals surface area contributed by atoms with Crippen molar-refractivity contribution in [1.82, 2.24) is 0 Å². The summed E-state index contributed by atoms with van der Waals surface area (Å²) in [4.78, 5) is 12.5. The summed E-state index contributed by atoms with van der Waals surface area (Å²) in [7, 11) is 0.